The van der Waals surface area contributed by atoms with Gasteiger partial charge < -0.3 is 19.5 Å². The normalized spacial score (nSPS) is 18.0. The van der Waals surface area contributed by atoms with Crippen molar-refractivity contribution < 1.29 is 14.6 Å². The standard InChI is InChI=1S/C26H29NO3/c1-27(2)15-6-16-29-22-12-9-20(10-13-22)26-23-14-11-21(28)17-25(23)30-18-24(26)19-7-4-3-5-8-19/h3-5,7-14,17,24,26,28H,6,15-16,18H2,1-2H3/t24-,26+/m0/s1. The third-order valence-corrected chi connectivity index (χ3v) is 5.64. The van der Waals surface area contributed by atoms with Crippen molar-refractivity contribution >= 4 is 0 Å². The van der Waals surface area contributed by atoms with E-state index in [0.717, 1.165) is 30.0 Å². The Morgan fingerprint density at radius 3 is 2.47 bits per heavy atom. The molecule has 0 aliphatic carbocycles. The summed E-state index contributed by atoms with van der Waals surface area (Å²) in [5, 5.41) is 9.90. The molecule has 4 nitrogen and oxygen atoms in total. The molecule has 0 saturated heterocycles. The molecule has 1 heterocycles. The molecule has 4 rings (SSSR count). The molecule has 3 aromatic rings. The summed E-state index contributed by atoms with van der Waals surface area (Å²) in [5.74, 6) is 2.24. The summed E-state index contributed by atoms with van der Waals surface area (Å²) in [7, 11) is 4.15. The van der Waals surface area contributed by atoms with Crippen LogP contribution in [-0.4, -0.2) is 43.9 Å². The molecule has 3 aromatic carbocycles. The van der Waals surface area contributed by atoms with Gasteiger partial charge in [0, 0.05) is 30.0 Å². The maximum Gasteiger partial charge on any atom is 0.126 e. The molecule has 0 fully saturated rings. The topological polar surface area (TPSA) is 41.9 Å². The first-order valence-corrected chi connectivity index (χ1v) is 10.5. The van der Waals surface area contributed by atoms with E-state index in [0.29, 0.717) is 13.2 Å². The van der Waals surface area contributed by atoms with Crippen molar-refractivity contribution in [2.75, 3.05) is 33.9 Å². The van der Waals surface area contributed by atoms with E-state index in [9.17, 15) is 5.11 Å². The minimum absolute atomic E-state index is 0.152. The van der Waals surface area contributed by atoms with Crippen LogP contribution in [0.15, 0.2) is 72.8 Å². The van der Waals surface area contributed by atoms with Crippen LogP contribution in [0.1, 0.15) is 34.9 Å². The van der Waals surface area contributed by atoms with Crippen LogP contribution in [0.4, 0.5) is 0 Å². The van der Waals surface area contributed by atoms with Gasteiger partial charge in [-0.25, -0.2) is 0 Å². The predicted octanol–water partition coefficient (Wildman–Crippen LogP) is 5.03. The Kier molecular flexibility index (Phi) is 6.24. The second kappa shape index (κ2) is 9.23. The lowest BCUT2D eigenvalue weighted by Crippen LogP contribution is -2.25. The molecule has 2 atom stereocenters. The van der Waals surface area contributed by atoms with Gasteiger partial charge in [0.05, 0.1) is 13.2 Å². The molecule has 0 saturated carbocycles. The van der Waals surface area contributed by atoms with Gasteiger partial charge in [0.15, 0.2) is 0 Å². The average Bonchev–Trinajstić information content (AvgIpc) is 2.77. The average molecular weight is 404 g/mol. The Balaban J connectivity index is 1.60. The van der Waals surface area contributed by atoms with E-state index in [1.54, 1.807) is 12.1 Å². The summed E-state index contributed by atoms with van der Waals surface area (Å²) in [5.41, 5.74) is 3.58. The van der Waals surface area contributed by atoms with Crippen LogP contribution in [0.5, 0.6) is 17.2 Å². The van der Waals surface area contributed by atoms with Crippen LogP contribution < -0.4 is 9.47 Å². The summed E-state index contributed by atoms with van der Waals surface area (Å²) in [4.78, 5) is 2.16. The number of rotatable bonds is 7. The Morgan fingerprint density at radius 2 is 1.73 bits per heavy atom. The summed E-state index contributed by atoms with van der Waals surface area (Å²) in [6.07, 6.45) is 1.00. The Morgan fingerprint density at radius 1 is 0.967 bits per heavy atom. The molecule has 0 amide bonds. The molecule has 4 heteroatoms. The quantitative estimate of drug-likeness (QED) is 0.562. The van der Waals surface area contributed by atoms with Gasteiger partial charge in [-0.3, -0.25) is 0 Å². The molecular weight excluding hydrogens is 374 g/mol. The fraction of sp³-hybridized carbons (Fsp3) is 0.308. The van der Waals surface area contributed by atoms with Crippen molar-refractivity contribution in [3.05, 3.63) is 89.5 Å². The molecule has 1 N–H and O–H groups in total. The summed E-state index contributed by atoms with van der Waals surface area (Å²) in [6.45, 7) is 2.31. The molecule has 0 spiro atoms. The third kappa shape index (κ3) is 4.60. The van der Waals surface area contributed by atoms with E-state index in [2.05, 4.69) is 67.5 Å². The minimum atomic E-state index is 0.152. The van der Waals surface area contributed by atoms with E-state index in [-0.39, 0.29) is 17.6 Å². The number of fused-ring (bicyclic) bond motifs is 1. The molecule has 30 heavy (non-hydrogen) atoms. The SMILES string of the molecule is CN(C)CCCOc1ccc([C@@H]2c3ccc(O)cc3OC[C@H]2c2ccccc2)cc1. The predicted molar refractivity (Wildman–Crippen MR) is 120 cm³/mol. The first-order valence-electron chi connectivity index (χ1n) is 10.5. The van der Waals surface area contributed by atoms with Crippen molar-refractivity contribution in [1.82, 2.24) is 4.90 Å². The van der Waals surface area contributed by atoms with Gasteiger partial charge in [-0.1, -0.05) is 48.5 Å². The maximum absolute atomic E-state index is 9.90. The number of hydrogen-bond acceptors (Lipinski definition) is 4. The summed E-state index contributed by atoms with van der Waals surface area (Å²) < 4.78 is 12.0. The van der Waals surface area contributed by atoms with Gasteiger partial charge >= 0.3 is 0 Å². The van der Waals surface area contributed by atoms with E-state index in [1.807, 2.05) is 12.1 Å². The van der Waals surface area contributed by atoms with E-state index in [1.165, 1.54) is 11.1 Å². The maximum atomic E-state index is 9.90. The first kappa shape index (κ1) is 20.3. The van der Waals surface area contributed by atoms with E-state index >= 15 is 0 Å². The van der Waals surface area contributed by atoms with Crippen LogP contribution in [0.3, 0.4) is 0 Å². The van der Waals surface area contributed by atoms with Crippen LogP contribution in [0, 0.1) is 0 Å². The summed E-state index contributed by atoms with van der Waals surface area (Å²) >= 11 is 0. The van der Waals surface area contributed by atoms with Crippen molar-refractivity contribution in [1.29, 1.82) is 0 Å². The van der Waals surface area contributed by atoms with E-state index in [4.69, 9.17) is 9.47 Å². The monoisotopic (exact) mass is 403 g/mol. The zero-order valence-corrected chi connectivity index (χ0v) is 17.6. The minimum Gasteiger partial charge on any atom is -0.508 e. The number of ether oxygens (including phenoxy) is 2. The lowest BCUT2D eigenvalue weighted by atomic mass is 9.76. The molecule has 1 aliphatic rings. The highest BCUT2D eigenvalue weighted by molar-refractivity contribution is 5.50. The fourth-order valence-electron chi connectivity index (χ4n) is 4.14. The zero-order valence-electron chi connectivity index (χ0n) is 17.6. The molecule has 0 aromatic heterocycles. The van der Waals surface area contributed by atoms with Crippen molar-refractivity contribution in [3.8, 4) is 17.2 Å². The van der Waals surface area contributed by atoms with Crippen LogP contribution in [0.2, 0.25) is 0 Å². The molecule has 156 valence electrons. The number of aromatic hydroxyl groups is 1. The second-order valence-corrected chi connectivity index (χ2v) is 8.10. The largest absolute Gasteiger partial charge is 0.508 e. The highest BCUT2D eigenvalue weighted by Gasteiger charge is 2.33. The molecule has 0 radical (unpaired) electrons. The van der Waals surface area contributed by atoms with Gasteiger partial charge in [0.1, 0.15) is 17.2 Å². The lowest BCUT2D eigenvalue weighted by Gasteiger charge is -2.34. The highest BCUT2D eigenvalue weighted by Crippen LogP contribution is 2.47. The number of phenols is 1. The van der Waals surface area contributed by atoms with Crippen molar-refractivity contribution in [3.63, 3.8) is 0 Å². The number of benzene rings is 3. The van der Waals surface area contributed by atoms with Gasteiger partial charge in [-0.15, -0.1) is 0 Å². The van der Waals surface area contributed by atoms with Crippen LogP contribution >= 0.6 is 0 Å². The van der Waals surface area contributed by atoms with Crippen LogP contribution in [0.25, 0.3) is 0 Å². The Hall–Kier alpha value is -2.98. The molecule has 0 bridgehead atoms. The second-order valence-electron chi connectivity index (χ2n) is 8.10. The van der Waals surface area contributed by atoms with Gasteiger partial charge in [0.2, 0.25) is 0 Å². The van der Waals surface area contributed by atoms with Gasteiger partial charge in [-0.2, -0.15) is 0 Å². The molecular formula is C26H29NO3. The van der Waals surface area contributed by atoms with E-state index < -0.39 is 0 Å². The van der Waals surface area contributed by atoms with Gasteiger partial charge in [0.25, 0.3) is 0 Å². The van der Waals surface area contributed by atoms with Crippen molar-refractivity contribution in [2.45, 2.75) is 18.3 Å². The van der Waals surface area contributed by atoms with Crippen molar-refractivity contribution in [2.24, 2.45) is 0 Å². The van der Waals surface area contributed by atoms with Gasteiger partial charge in [-0.05, 0) is 49.8 Å². The Bertz CT molecular complexity index is 954. The fourth-order valence-corrected chi connectivity index (χ4v) is 4.14. The lowest BCUT2D eigenvalue weighted by molar-refractivity contribution is 0.247. The third-order valence-electron chi connectivity index (χ3n) is 5.64. The zero-order chi connectivity index (χ0) is 20.9. The highest BCUT2D eigenvalue weighted by atomic mass is 16.5. The van der Waals surface area contributed by atoms with Crippen LogP contribution in [-0.2, 0) is 0 Å². The number of phenolic OH excluding ortho intramolecular Hbond substituents is 1. The smallest absolute Gasteiger partial charge is 0.126 e. The number of nitrogens with zero attached hydrogens (tertiary/aromatic N) is 1. The molecule has 0 unspecified atom stereocenters. The summed E-state index contributed by atoms with van der Waals surface area (Å²) in [6, 6.07) is 24.4. The Labute approximate surface area is 178 Å². The number of hydrogen-bond donors (Lipinski definition) is 1. The molecule has 1 aliphatic heterocycles. The first-order chi connectivity index (χ1) is 14.6.